The van der Waals surface area contributed by atoms with Gasteiger partial charge in [-0.1, -0.05) is 23.5 Å². The molecule has 0 N–H and O–H groups in total. The lowest BCUT2D eigenvalue weighted by Crippen LogP contribution is -2.48. The van der Waals surface area contributed by atoms with Gasteiger partial charge in [0.05, 0.1) is 10.2 Å². The summed E-state index contributed by atoms with van der Waals surface area (Å²) in [5.41, 5.74) is 4.11. The highest BCUT2D eigenvalue weighted by molar-refractivity contribution is 7.22. The summed E-state index contributed by atoms with van der Waals surface area (Å²) in [5, 5.41) is 1.05. The molecular weight excluding hydrogens is 356 g/mol. The topological polar surface area (TPSA) is 39.7 Å². The third-order valence-corrected chi connectivity index (χ3v) is 6.06. The molecule has 5 nitrogen and oxygen atoms in total. The first kappa shape index (κ1) is 17.8. The minimum atomic E-state index is 0.110. The lowest BCUT2D eigenvalue weighted by atomic mass is 10.1. The van der Waals surface area contributed by atoms with Crippen molar-refractivity contribution in [2.75, 3.05) is 50.1 Å². The van der Waals surface area contributed by atoms with E-state index >= 15 is 0 Å². The third-order valence-electron chi connectivity index (χ3n) is 4.98. The van der Waals surface area contributed by atoms with E-state index in [4.69, 9.17) is 4.98 Å². The molecule has 0 aliphatic carbocycles. The van der Waals surface area contributed by atoms with Crippen LogP contribution in [0, 0.1) is 6.92 Å². The maximum atomic E-state index is 12.9. The van der Waals surface area contributed by atoms with Crippen LogP contribution in [0.3, 0.4) is 0 Å². The molecule has 2 heterocycles. The summed E-state index contributed by atoms with van der Waals surface area (Å²) in [6, 6.07) is 14.2. The van der Waals surface area contributed by atoms with Crippen molar-refractivity contribution in [3.05, 3.63) is 53.6 Å². The van der Waals surface area contributed by atoms with E-state index in [1.54, 1.807) is 11.3 Å². The number of piperazine rings is 1. The number of fused-ring (bicyclic) bond motifs is 1. The standard InChI is InChI=1S/C21H24N4OS/c1-15-7-8-18-19(13-15)27-21(22-18)25-11-9-24(10-12-25)20(26)16-5-4-6-17(14-16)23(2)3/h4-8,13-14H,9-12H2,1-3H3. The number of rotatable bonds is 3. The van der Waals surface area contributed by atoms with Crippen LogP contribution >= 0.6 is 11.3 Å². The predicted octanol–water partition coefficient (Wildman–Crippen LogP) is 3.63. The Morgan fingerprint density at radius 2 is 1.85 bits per heavy atom. The van der Waals surface area contributed by atoms with Crippen LogP contribution in [-0.2, 0) is 0 Å². The van der Waals surface area contributed by atoms with Crippen LogP contribution in [0.2, 0.25) is 0 Å². The van der Waals surface area contributed by atoms with E-state index in [1.165, 1.54) is 10.3 Å². The molecule has 0 unspecified atom stereocenters. The fraction of sp³-hybridized carbons (Fsp3) is 0.333. The van der Waals surface area contributed by atoms with Crippen LogP contribution in [0.25, 0.3) is 10.2 Å². The van der Waals surface area contributed by atoms with E-state index in [0.717, 1.165) is 48.1 Å². The Morgan fingerprint density at radius 3 is 2.59 bits per heavy atom. The van der Waals surface area contributed by atoms with Crippen LogP contribution in [0.4, 0.5) is 10.8 Å². The molecule has 0 atom stereocenters. The molecule has 1 aliphatic rings. The van der Waals surface area contributed by atoms with Crippen molar-refractivity contribution < 1.29 is 4.79 Å². The number of aromatic nitrogens is 1. The van der Waals surface area contributed by atoms with Gasteiger partial charge in [0.2, 0.25) is 0 Å². The Bertz CT molecular complexity index is 973. The van der Waals surface area contributed by atoms with Gasteiger partial charge in [-0.2, -0.15) is 0 Å². The van der Waals surface area contributed by atoms with Gasteiger partial charge in [-0.05, 0) is 42.8 Å². The number of carbonyl (C=O) groups is 1. The molecule has 3 aromatic rings. The molecule has 27 heavy (non-hydrogen) atoms. The van der Waals surface area contributed by atoms with Gasteiger partial charge >= 0.3 is 0 Å². The van der Waals surface area contributed by atoms with Gasteiger partial charge < -0.3 is 14.7 Å². The highest BCUT2D eigenvalue weighted by Gasteiger charge is 2.24. The Hall–Kier alpha value is -2.60. The number of amides is 1. The van der Waals surface area contributed by atoms with Gasteiger partial charge in [0.15, 0.2) is 5.13 Å². The molecular formula is C21H24N4OS. The van der Waals surface area contributed by atoms with Gasteiger partial charge in [0.1, 0.15) is 0 Å². The molecule has 1 aliphatic heterocycles. The van der Waals surface area contributed by atoms with E-state index < -0.39 is 0 Å². The SMILES string of the molecule is Cc1ccc2nc(N3CCN(C(=O)c4cccc(N(C)C)c4)CC3)sc2c1. The lowest BCUT2D eigenvalue weighted by molar-refractivity contribution is 0.0747. The zero-order valence-electron chi connectivity index (χ0n) is 16.0. The molecule has 2 aromatic carbocycles. The summed E-state index contributed by atoms with van der Waals surface area (Å²) in [6.45, 7) is 5.18. The first-order valence-electron chi connectivity index (χ1n) is 9.20. The van der Waals surface area contributed by atoms with E-state index in [1.807, 2.05) is 48.2 Å². The second kappa shape index (κ2) is 7.19. The van der Waals surface area contributed by atoms with Crippen LogP contribution in [-0.4, -0.2) is 56.1 Å². The van der Waals surface area contributed by atoms with Crippen LogP contribution < -0.4 is 9.80 Å². The number of aryl methyl sites for hydroxylation is 1. The summed E-state index contributed by atoms with van der Waals surface area (Å²) in [5.74, 6) is 0.110. The van der Waals surface area contributed by atoms with Crippen molar-refractivity contribution in [1.82, 2.24) is 9.88 Å². The first-order chi connectivity index (χ1) is 13.0. The van der Waals surface area contributed by atoms with Crippen molar-refractivity contribution in [2.24, 2.45) is 0 Å². The second-order valence-electron chi connectivity index (χ2n) is 7.19. The largest absolute Gasteiger partial charge is 0.378 e. The average molecular weight is 381 g/mol. The Morgan fingerprint density at radius 1 is 1.07 bits per heavy atom. The van der Waals surface area contributed by atoms with Gasteiger partial charge in [-0.3, -0.25) is 4.79 Å². The molecule has 1 fully saturated rings. The minimum Gasteiger partial charge on any atom is -0.378 e. The quantitative estimate of drug-likeness (QED) is 0.696. The predicted molar refractivity (Wildman–Crippen MR) is 113 cm³/mol. The summed E-state index contributed by atoms with van der Waals surface area (Å²) < 4.78 is 1.23. The normalized spacial score (nSPS) is 14.6. The van der Waals surface area contributed by atoms with Crippen LogP contribution in [0.5, 0.6) is 0 Å². The number of nitrogens with zero attached hydrogens (tertiary/aromatic N) is 4. The smallest absolute Gasteiger partial charge is 0.254 e. The summed E-state index contributed by atoms with van der Waals surface area (Å²) in [7, 11) is 3.98. The summed E-state index contributed by atoms with van der Waals surface area (Å²) in [4.78, 5) is 23.9. The van der Waals surface area contributed by atoms with Crippen molar-refractivity contribution in [1.29, 1.82) is 0 Å². The lowest BCUT2D eigenvalue weighted by Gasteiger charge is -2.34. The molecule has 0 radical (unpaired) electrons. The number of anilines is 2. The van der Waals surface area contributed by atoms with Crippen LogP contribution in [0.1, 0.15) is 15.9 Å². The number of hydrogen-bond acceptors (Lipinski definition) is 5. The second-order valence-corrected chi connectivity index (χ2v) is 8.20. The molecule has 1 aromatic heterocycles. The Labute approximate surface area is 163 Å². The number of thiazole rings is 1. The highest BCUT2D eigenvalue weighted by Crippen LogP contribution is 2.30. The zero-order valence-corrected chi connectivity index (χ0v) is 16.8. The molecule has 0 spiro atoms. The molecule has 6 heteroatoms. The van der Waals surface area contributed by atoms with E-state index in [0.29, 0.717) is 0 Å². The molecule has 0 bridgehead atoms. The van der Waals surface area contributed by atoms with Crippen LogP contribution in [0.15, 0.2) is 42.5 Å². The molecule has 1 amide bonds. The average Bonchev–Trinajstić information content (AvgIpc) is 3.10. The molecule has 4 rings (SSSR count). The molecule has 1 saturated heterocycles. The maximum absolute atomic E-state index is 12.9. The third kappa shape index (κ3) is 3.62. The molecule has 0 saturated carbocycles. The monoisotopic (exact) mass is 380 g/mol. The van der Waals surface area contributed by atoms with E-state index in [9.17, 15) is 4.79 Å². The van der Waals surface area contributed by atoms with Gasteiger partial charge in [0.25, 0.3) is 5.91 Å². The highest BCUT2D eigenvalue weighted by atomic mass is 32.1. The van der Waals surface area contributed by atoms with Crippen molar-refractivity contribution in [2.45, 2.75) is 6.92 Å². The summed E-state index contributed by atoms with van der Waals surface area (Å²) in [6.07, 6.45) is 0. The number of carbonyl (C=O) groups excluding carboxylic acids is 1. The van der Waals surface area contributed by atoms with Gasteiger partial charge in [-0.25, -0.2) is 4.98 Å². The Balaban J connectivity index is 1.45. The van der Waals surface area contributed by atoms with Crippen molar-refractivity contribution >= 4 is 38.3 Å². The summed E-state index contributed by atoms with van der Waals surface area (Å²) >= 11 is 1.73. The first-order valence-corrected chi connectivity index (χ1v) is 10.0. The van der Waals surface area contributed by atoms with E-state index in [-0.39, 0.29) is 5.91 Å². The maximum Gasteiger partial charge on any atom is 0.254 e. The Kier molecular flexibility index (Phi) is 4.74. The van der Waals surface area contributed by atoms with Crippen molar-refractivity contribution in [3.8, 4) is 0 Å². The van der Waals surface area contributed by atoms with Gasteiger partial charge in [-0.15, -0.1) is 0 Å². The number of hydrogen-bond donors (Lipinski definition) is 0. The minimum absolute atomic E-state index is 0.110. The fourth-order valence-electron chi connectivity index (χ4n) is 3.36. The number of benzene rings is 2. The zero-order chi connectivity index (χ0) is 19.0. The van der Waals surface area contributed by atoms with Gasteiger partial charge in [0, 0.05) is 51.5 Å². The fourth-order valence-corrected chi connectivity index (χ4v) is 4.47. The molecule has 140 valence electrons. The van der Waals surface area contributed by atoms with E-state index in [2.05, 4.69) is 30.0 Å². The van der Waals surface area contributed by atoms with Crippen molar-refractivity contribution in [3.63, 3.8) is 0 Å².